The summed E-state index contributed by atoms with van der Waals surface area (Å²) in [6, 6.07) is 3.55. The van der Waals surface area contributed by atoms with Gasteiger partial charge in [-0.15, -0.1) is 11.8 Å². The van der Waals surface area contributed by atoms with Gasteiger partial charge in [-0.3, -0.25) is 10.1 Å². The summed E-state index contributed by atoms with van der Waals surface area (Å²) in [6.45, 7) is 2.82. The van der Waals surface area contributed by atoms with Crippen molar-refractivity contribution in [2.45, 2.75) is 19.9 Å². The fourth-order valence-electron chi connectivity index (χ4n) is 1.35. The summed E-state index contributed by atoms with van der Waals surface area (Å²) in [5.74, 6) is 5.05. The van der Waals surface area contributed by atoms with Crippen LogP contribution >= 0.6 is 0 Å². The molecule has 5 heteroatoms. The smallest absolute Gasteiger partial charge is 0.272 e. The predicted octanol–water partition coefficient (Wildman–Crippen LogP) is 2.24. The molecule has 1 aromatic rings. The molecule has 1 rings (SSSR count). The Balaban J connectivity index is 2.57. The van der Waals surface area contributed by atoms with Crippen LogP contribution in [0.2, 0.25) is 0 Å². The van der Waals surface area contributed by atoms with E-state index in [2.05, 4.69) is 17.2 Å². The number of nitrogens with zero attached hydrogens (tertiary/aromatic N) is 1. The molecule has 0 spiro atoms. The van der Waals surface area contributed by atoms with E-state index in [1.54, 1.807) is 6.92 Å². The molecule has 1 aromatic carbocycles. The Kier molecular flexibility index (Phi) is 5.11. The van der Waals surface area contributed by atoms with Crippen molar-refractivity contribution in [2.75, 3.05) is 6.54 Å². The molecule has 0 aliphatic rings. The number of rotatable bonds is 5. The van der Waals surface area contributed by atoms with E-state index in [1.165, 1.54) is 12.1 Å². The molecule has 0 amide bonds. The first-order valence-corrected chi connectivity index (χ1v) is 5.17. The average Bonchev–Trinajstić information content (AvgIpc) is 2.28. The van der Waals surface area contributed by atoms with E-state index in [-0.39, 0.29) is 5.69 Å². The summed E-state index contributed by atoms with van der Waals surface area (Å²) < 4.78 is 13.1. The second kappa shape index (κ2) is 6.61. The summed E-state index contributed by atoms with van der Waals surface area (Å²) in [5, 5.41) is 13.6. The third-order valence-corrected chi connectivity index (χ3v) is 2.09. The Bertz CT molecular complexity index is 463. The van der Waals surface area contributed by atoms with Crippen LogP contribution in [-0.2, 0) is 6.54 Å². The molecule has 17 heavy (non-hydrogen) atoms. The van der Waals surface area contributed by atoms with Crippen molar-refractivity contribution >= 4 is 5.69 Å². The van der Waals surface area contributed by atoms with E-state index in [1.807, 2.05) is 0 Å². The van der Waals surface area contributed by atoms with Crippen molar-refractivity contribution in [3.63, 3.8) is 0 Å². The van der Waals surface area contributed by atoms with Gasteiger partial charge in [-0.05, 0) is 18.6 Å². The molecule has 0 bridgehead atoms. The van der Waals surface area contributed by atoms with Crippen molar-refractivity contribution in [3.8, 4) is 11.8 Å². The lowest BCUT2D eigenvalue weighted by Gasteiger charge is -2.03. The topological polar surface area (TPSA) is 55.2 Å². The molecule has 4 nitrogen and oxygen atoms in total. The van der Waals surface area contributed by atoms with Gasteiger partial charge in [0.2, 0.25) is 0 Å². The highest BCUT2D eigenvalue weighted by Gasteiger charge is 2.09. The highest BCUT2D eigenvalue weighted by molar-refractivity contribution is 5.35. The Morgan fingerprint density at radius 2 is 2.24 bits per heavy atom. The van der Waals surface area contributed by atoms with Gasteiger partial charge in [0.15, 0.2) is 0 Å². The molecule has 1 N–H and O–H groups in total. The van der Waals surface area contributed by atoms with Crippen LogP contribution in [0.3, 0.4) is 0 Å². The summed E-state index contributed by atoms with van der Waals surface area (Å²) in [4.78, 5) is 9.92. The highest BCUT2D eigenvalue weighted by Crippen LogP contribution is 2.15. The first kappa shape index (κ1) is 13.1. The van der Waals surface area contributed by atoms with Gasteiger partial charge < -0.3 is 5.32 Å². The molecule has 0 heterocycles. The van der Waals surface area contributed by atoms with Crippen LogP contribution < -0.4 is 5.32 Å². The van der Waals surface area contributed by atoms with Gasteiger partial charge in [0.05, 0.1) is 11.0 Å². The van der Waals surface area contributed by atoms with Crippen molar-refractivity contribution in [2.24, 2.45) is 0 Å². The van der Waals surface area contributed by atoms with E-state index < -0.39 is 10.7 Å². The quantitative estimate of drug-likeness (QED) is 0.369. The van der Waals surface area contributed by atoms with Crippen LogP contribution in [0.5, 0.6) is 0 Å². The lowest BCUT2D eigenvalue weighted by atomic mass is 10.2. The normalized spacial score (nSPS) is 9.53. The number of nitro groups is 1. The maximum absolute atomic E-state index is 13.1. The molecule has 0 unspecified atom stereocenters. The number of nitrogens with one attached hydrogen (secondary N) is 1. The average molecular weight is 236 g/mol. The summed E-state index contributed by atoms with van der Waals surface area (Å²) >= 11 is 0. The molecule has 0 radical (unpaired) electrons. The predicted molar refractivity (Wildman–Crippen MR) is 62.8 cm³/mol. The van der Waals surface area contributed by atoms with Gasteiger partial charge >= 0.3 is 0 Å². The highest BCUT2D eigenvalue weighted by atomic mass is 19.1. The molecule has 0 atom stereocenters. The van der Waals surface area contributed by atoms with Gasteiger partial charge in [-0.1, -0.05) is 0 Å². The first-order valence-electron chi connectivity index (χ1n) is 5.17. The lowest BCUT2D eigenvalue weighted by molar-refractivity contribution is -0.385. The van der Waals surface area contributed by atoms with Crippen LogP contribution in [0.25, 0.3) is 0 Å². The van der Waals surface area contributed by atoms with Crippen LogP contribution in [0, 0.1) is 27.8 Å². The van der Waals surface area contributed by atoms with E-state index >= 15 is 0 Å². The Labute approximate surface area is 99.0 Å². The second-order valence-corrected chi connectivity index (χ2v) is 3.43. The Hall–Kier alpha value is -1.93. The van der Waals surface area contributed by atoms with Gasteiger partial charge in [-0.2, -0.15) is 0 Å². The van der Waals surface area contributed by atoms with Crippen LogP contribution in [0.4, 0.5) is 10.1 Å². The Morgan fingerprint density at radius 3 is 2.88 bits per heavy atom. The number of nitro benzene ring substituents is 1. The Morgan fingerprint density at radius 1 is 1.47 bits per heavy atom. The molecule has 0 fully saturated rings. The maximum Gasteiger partial charge on any atom is 0.272 e. The number of hydrogen-bond donors (Lipinski definition) is 1. The minimum Gasteiger partial charge on any atom is -0.312 e. The molecular formula is C12H13FN2O2. The molecule has 0 aromatic heterocycles. The van der Waals surface area contributed by atoms with Gasteiger partial charge in [-0.25, -0.2) is 4.39 Å². The number of benzene rings is 1. The van der Waals surface area contributed by atoms with E-state index in [0.717, 1.165) is 6.07 Å². The zero-order valence-electron chi connectivity index (χ0n) is 9.50. The summed E-state index contributed by atoms with van der Waals surface area (Å²) in [6.07, 6.45) is 0.702. The van der Waals surface area contributed by atoms with Crippen molar-refractivity contribution in [1.29, 1.82) is 0 Å². The number of hydrogen-bond acceptors (Lipinski definition) is 3. The minimum absolute atomic E-state index is 0.227. The standard InChI is InChI=1S/C12H13FN2O2/c1-2-3-4-5-14-9-10-6-11(13)8-12(7-10)15(16)17/h6-8,14H,4-5,9H2,1H3. The van der Waals surface area contributed by atoms with Crippen LogP contribution in [0.15, 0.2) is 18.2 Å². The zero-order valence-corrected chi connectivity index (χ0v) is 9.50. The lowest BCUT2D eigenvalue weighted by Crippen LogP contribution is -2.14. The second-order valence-electron chi connectivity index (χ2n) is 3.43. The maximum atomic E-state index is 13.1. The third-order valence-electron chi connectivity index (χ3n) is 2.09. The van der Waals surface area contributed by atoms with Crippen molar-refractivity contribution in [1.82, 2.24) is 5.32 Å². The SMILES string of the molecule is CC#CCCNCc1cc(F)cc([N+](=O)[O-])c1. The van der Waals surface area contributed by atoms with Crippen molar-refractivity contribution < 1.29 is 9.31 Å². The largest absolute Gasteiger partial charge is 0.312 e. The fourth-order valence-corrected chi connectivity index (χ4v) is 1.35. The molecule has 0 saturated heterocycles. The van der Waals surface area contributed by atoms with E-state index in [0.29, 0.717) is 25.1 Å². The molecule has 0 aliphatic carbocycles. The van der Waals surface area contributed by atoms with Crippen molar-refractivity contribution in [3.05, 3.63) is 39.7 Å². The van der Waals surface area contributed by atoms with Gasteiger partial charge in [0.1, 0.15) is 5.82 Å². The zero-order chi connectivity index (χ0) is 12.7. The minimum atomic E-state index is -0.602. The molecule has 0 saturated carbocycles. The summed E-state index contributed by atoms with van der Waals surface area (Å²) in [5.41, 5.74) is 0.330. The van der Waals surface area contributed by atoms with Gasteiger partial charge in [0.25, 0.3) is 5.69 Å². The third kappa shape index (κ3) is 4.62. The molecule has 90 valence electrons. The fraction of sp³-hybridized carbons (Fsp3) is 0.333. The molecular weight excluding hydrogens is 223 g/mol. The molecule has 0 aliphatic heterocycles. The first-order chi connectivity index (χ1) is 8.13. The van der Waals surface area contributed by atoms with E-state index in [9.17, 15) is 14.5 Å². The number of non-ortho nitro benzene ring substituents is 1. The monoisotopic (exact) mass is 236 g/mol. The number of halogens is 1. The van der Waals surface area contributed by atoms with E-state index in [4.69, 9.17) is 0 Å². The van der Waals surface area contributed by atoms with Crippen LogP contribution in [-0.4, -0.2) is 11.5 Å². The van der Waals surface area contributed by atoms with Crippen LogP contribution in [0.1, 0.15) is 18.9 Å². The summed E-state index contributed by atoms with van der Waals surface area (Å²) in [7, 11) is 0. The van der Waals surface area contributed by atoms with Gasteiger partial charge in [0, 0.05) is 25.6 Å².